The van der Waals surface area contributed by atoms with Crippen molar-refractivity contribution in [2.24, 2.45) is 0 Å². The molecule has 0 aliphatic carbocycles. The first-order valence-electron chi connectivity index (χ1n) is 4.97. The van der Waals surface area contributed by atoms with Gasteiger partial charge in [-0.05, 0) is 30.7 Å². The van der Waals surface area contributed by atoms with E-state index in [9.17, 15) is 0 Å². The van der Waals surface area contributed by atoms with E-state index in [2.05, 4.69) is 13.0 Å². The summed E-state index contributed by atoms with van der Waals surface area (Å²) in [7, 11) is 0. The zero-order chi connectivity index (χ0) is 9.97. The maximum absolute atomic E-state index is 5.89. The average Bonchev–Trinajstić information content (AvgIpc) is 2.56. The van der Waals surface area contributed by atoms with Crippen molar-refractivity contribution in [2.45, 2.75) is 26.2 Å². The third kappa shape index (κ3) is 1.93. The van der Waals surface area contributed by atoms with Crippen LogP contribution in [0.3, 0.4) is 0 Å². The number of hydrogen-bond acceptors (Lipinski definition) is 1. The molecule has 14 heavy (non-hydrogen) atoms. The molecule has 0 unspecified atom stereocenters. The lowest BCUT2D eigenvalue weighted by Crippen LogP contribution is -1.78. The Morgan fingerprint density at radius 2 is 2.14 bits per heavy atom. The Labute approximate surface area is 88.7 Å². The molecule has 1 heterocycles. The number of fused-ring (bicyclic) bond motifs is 1. The quantitative estimate of drug-likeness (QED) is 0.728. The van der Waals surface area contributed by atoms with Crippen molar-refractivity contribution in [1.29, 1.82) is 0 Å². The van der Waals surface area contributed by atoms with Crippen LogP contribution in [0.5, 0.6) is 0 Å². The molecule has 2 heteroatoms. The van der Waals surface area contributed by atoms with Crippen LogP contribution >= 0.6 is 11.6 Å². The van der Waals surface area contributed by atoms with Gasteiger partial charge in [0.1, 0.15) is 11.3 Å². The highest BCUT2D eigenvalue weighted by molar-refractivity contribution is 6.31. The highest BCUT2D eigenvalue weighted by Gasteiger charge is 2.03. The first-order chi connectivity index (χ1) is 6.79. The van der Waals surface area contributed by atoms with Crippen LogP contribution < -0.4 is 0 Å². The molecule has 1 nitrogen and oxygen atoms in total. The molecule has 1 aromatic carbocycles. The molecule has 0 saturated heterocycles. The van der Waals surface area contributed by atoms with Gasteiger partial charge in [-0.3, -0.25) is 0 Å². The SMILES string of the molecule is CCCCc1cc2cc(Cl)ccc2o1. The Kier molecular flexibility index (Phi) is 2.78. The fourth-order valence-electron chi connectivity index (χ4n) is 1.54. The molecular formula is C12H13ClO. The first kappa shape index (κ1) is 9.60. The summed E-state index contributed by atoms with van der Waals surface area (Å²) in [5.74, 6) is 1.06. The van der Waals surface area contributed by atoms with Crippen LogP contribution in [0.15, 0.2) is 28.7 Å². The maximum atomic E-state index is 5.89. The number of aryl methyl sites for hydroxylation is 1. The summed E-state index contributed by atoms with van der Waals surface area (Å²) >= 11 is 5.89. The third-order valence-corrected chi connectivity index (χ3v) is 2.54. The topological polar surface area (TPSA) is 13.1 Å². The van der Waals surface area contributed by atoms with Crippen molar-refractivity contribution in [3.8, 4) is 0 Å². The molecule has 0 saturated carbocycles. The van der Waals surface area contributed by atoms with Gasteiger partial charge in [-0.25, -0.2) is 0 Å². The molecule has 0 bridgehead atoms. The summed E-state index contributed by atoms with van der Waals surface area (Å²) in [6.07, 6.45) is 3.38. The molecule has 0 N–H and O–H groups in total. The fraction of sp³-hybridized carbons (Fsp3) is 0.333. The molecule has 0 atom stereocenters. The predicted molar refractivity (Wildman–Crippen MR) is 59.8 cm³/mol. The van der Waals surface area contributed by atoms with Crippen LogP contribution in [0.2, 0.25) is 5.02 Å². The Morgan fingerprint density at radius 1 is 1.29 bits per heavy atom. The van der Waals surface area contributed by atoms with E-state index < -0.39 is 0 Å². The van der Waals surface area contributed by atoms with Crippen molar-refractivity contribution >= 4 is 22.6 Å². The van der Waals surface area contributed by atoms with Crippen molar-refractivity contribution < 1.29 is 4.42 Å². The second-order valence-electron chi connectivity index (χ2n) is 3.50. The van der Waals surface area contributed by atoms with E-state index in [0.717, 1.165) is 28.2 Å². The minimum absolute atomic E-state index is 0.764. The molecule has 2 rings (SSSR count). The summed E-state index contributed by atoms with van der Waals surface area (Å²) in [6.45, 7) is 2.18. The molecule has 1 aromatic heterocycles. The number of halogens is 1. The third-order valence-electron chi connectivity index (χ3n) is 2.31. The highest BCUT2D eigenvalue weighted by Crippen LogP contribution is 2.23. The molecule has 0 aliphatic heterocycles. The molecule has 0 spiro atoms. The van der Waals surface area contributed by atoms with E-state index >= 15 is 0 Å². The monoisotopic (exact) mass is 208 g/mol. The van der Waals surface area contributed by atoms with E-state index in [1.807, 2.05) is 18.2 Å². The van der Waals surface area contributed by atoms with Crippen molar-refractivity contribution in [3.05, 3.63) is 35.0 Å². The summed E-state index contributed by atoms with van der Waals surface area (Å²) in [5.41, 5.74) is 0.931. The van der Waals surface area contributed by atoms with Crippen LogP contribution in [0.25, 0.3) is 11.0 Å². The highest BCUT2D eigenvalue weighted by atomic mass is 35.5. The second kappa shape index (κ2) is 4.05. The van der Waals surface area contributed by atoms with E-state index in [0.29, 0.717) is 0 Å². The predicted octanol–water partition coefficient (Wildman–Crippen LogP) is 4.43. The number of benzene rings is 1. The standard InChI is InChI=1S/C12H13ClO/c1-2-3-4-11-8-9-7-10(13)5-6-12(9)14-11/h5-8H,2-4H2,1H3. The van der Waals surface area contributed by atoms with Gasteiger partial charge in [-0.2, -0.15) is 0 Å². The molecule has 0 radical (unpaired) electrons. The Hall–Kier alpha value is -0.950. The summed E-state index contributed by atoms with van der Waals surface area (Å²) in [5, 5.41) is 1.86. The van der Waals surface area contributed by atoms with Gasteiger partial charge in [0.25, 0.3) is 0 Å². The molecule has 0 fully saturated rings. The normalized spacial score (nSPS) is 11.0. The minimum atomic E-state index is 0.764. The molecular weight excluding hydrogens is 196 g/mol. The lowest BCUT2D eigenvalue weighted by Gasteiger charge is -1.91. The lowest BCUT2D eigenvalue weighted by molar-refractivity contribution is 0.536. The van der Waals surface area contributed by atoms with Crippen molar-refractivity contribution in [2.75, 3.05) is 0 Å². The Morgan fingerprint density at radius 3 is 2.93 bits per heavy atom. The van der Waals surface area contributed by atoms with E-state index in [1.165, 1.54) is 12.8 Å². The van der Waals surface area contributed by atoms with Crippen molar-refractivity contribution in [3.63, 3.8) is 0 Å². The lowest BCUT2D eigenvalue weighted by atomic mass is 10.2. The van der Waals surface area contributed by atoms with E-state index in [-0.39, 0.29) is 0 Å². The Bertz CT molecular complexity index is 431. The molecule has 0 amide bonds. The number of rotatable bonds is 3. The molecule has 2 aromatic rings. The molecule has 0 aliphatic rings. The van der Waals surface area contributed by atoms with E-state index in [1.54, 1.807) is 0 Å². The van der Waals surface area contributed by atoms with Crippen molar-refractivity contribution in [1.82, 2.24) is 0 Å². The van der Waals surface area contributed by atoms with Crippen LogP contribution in [-0.2, 0) is 6.42 Å². The van der Waals surface area contributed by atoms with Gasteiger partial charge < -0.3 is 4.42 Å². The van der Waals surface area contributed by atoms with E-state index in [4.69, 9.17) is 16.0 Å². The van der Waals surface area contributed by atoms with Gasteiger partial charge in [-0.1, -0.05) is 24.9 Å². The van der Waals surface area contributed by atoms with Crippen LogP contribution in [-0.4, -0.2) is 0 Å². The first-order valence-corrected chi connectivity index (χ1v) is 5.35. The molecule has 74 valence electrons. The van der Waals surface area contributed by atoms with Gasteiger partial charge in [-0.15, -0.1) is 0 Å². The van der Waals surface area contributed by atoms with Crippen LogP contribution in [0.4, 0.5) is 0 Å². The average molecular weight is 209 g/mol. The Balaban J connectivity index is 2.32. The van der Waals surface area contributed by atoms with Gasteiger partial charge in [0.15, 0.2) is 0 Å². The summed E-state index contributed by atoms with van der Waals surface area (Å²) in [6, 6.07) is 7.80. The van der Waals surface area contributed by atoms with Gasteiger partial charge in [0, 0.05) is 16.8 Å². The van der Waals surface area contributed by atoms with Gasteiger partial charge >= 0.3 is 0 Å². The number of hydrogen-bond donors (Lipinski definition) is 0. The fourth-order valence-corrected chi connectivity index (χ4v) is 1.72. The second-order valence-corrected chi connectivity index (χ2v) is 3.93. The van der Waals surface area contributed by atoms with Crippen LogP contribution in [0, 0.1) is 0 Å². The largest absolute Gasteiger partial charge is 0.461 e. The number of unbranched alkanes of at least 4 members (excludes halogenated alkanes) is 1. The van der Waals surface area contributed by atoms with Crippen LogP contribution in [0.1, 0.15) is 25.5 Å². The number of furan rings is 1. The zero-order valence-corrected chi connectivity index (χ0v) is 8.97. The van der Waals surface area contributed by atoms with Gasteiger partial charge in [0.05, 0.1) is 0 Å². The zero-order valence-electron chi connectivity index (χ0n) is 8.22. The maximum Gasteiger partial charge on any atom is 0.134 e. The summed E-state index contributed by atoms with van der Waals surface area (Å²) < 4.78 is 5.67. The minimum Gasteiger partial charge on any atom is -0.461 e. The van der Waals surface area contributed by atoms with Gasteiger partial charge in [0.2, 0.25) is 0 Å². The smallest absolute Gasteiger partial charge is 0.134 e. The summed E-state index contributed by atoms with van der Waals surface area (Å²) in [4.78, 5) is 0.